The molecule has 58 heavy (non-hydrogen) atoms. The van der Waals surface area contributed by atoms with Crippen molar-refractivity contribution >= 4 is 86.7 Å². The van der Waals surface area contributed by atoms with Gasteiger partial charge in [-0.15, -0.1) is 0 Å². The Labute approximate surface area is 332 Å². The molecule has 0 atom stereocenters. The van der Waals surface area contributed by atoms with Crippen LogP contribution in [0.15, 0.2) is 188 Å². The molecule has 3 heterocycles. The van der Waals surface area contributed by atoms with Gasteiger partial charge < -0.3 is 4.57 Å². The van der Waals surface area contributed by atoms with Gasteiger partial charge in [-0.25, -0.2) is 4.98 Å². The summed E-state index contributed by atoms with van der Waals surface area (Å²) >= 11 is 0. The predicted molar refractivity (Wildman–Crippen MR) is 241 cm³/mol. The van der Waals surface area contributed by atoms with E-state index in [2.05, 4.69) is 197 Å². The highest BCUT2D eigenvalue weighted by atomic mass is 15.2. The summed E-state index contributed by atoms with van der Waals surface area (Å²) in [4.78, 5) is 16.0. The van der Waals surface area contributed by atoms with Crippen LogP contribution in [0.3, 0.4) is 0 Å². The minimum absolute atomic E-state index is 0.581. The highest BCUT2D eigenvalue weighted by Crippen LogP contribution is 2.47. The average Bonchev–Trinajstić information content (AvgIpc) is 3.81. The van der Waals surface area contributed by atoms with Crippen LogP contribution in [0.5, 0.6) is 0 Å². The van der Waals surface area contributed by atoms with Crippen molar-refractivity contribution in [3.05, 3.63) is 188 Å². The zero-order valence-corrected chi connectivity index (χ0v) is 31.1. The molecule has 0 saturated carbocycles. The SMILES string of the molecule is c1ccc(-n2c3cccc4c5ccccc5c5cccc6c5c5c(c43)c2ccc5n6-c2nc(-c3ccc4ccccc4c3)nc(-c3ccc4ccccc4c3)n2)cc1. The molecule has 0 unspecified atom stereocenters. The summed E-state index contributed by atoms with van der Waals surface area (Å²) in [7, 11) is 0. The fourth-order valence-corrected chi connectivity index (χ4v) is 9.55. The maximum Gasteiger partial charge on any atom is 0.238 e. The van der Waals surface area contributed by atoms with E-state index in [9.17, 15) is 0 Å². The van der Waals surface area contributed by atoms with Crippen LogP contribution in [0.25, 0.3) is 121 Å². The number of hydrogen-bond donors (Lipinski definition) is 0. The van der Waals surface area contributed by atoms with Crippen LogP contribution >= 0.6 is 0 Å². The fourth-order valence-electron chi connectivity index (χ4n) is 9.55. The Balaban J connectivity index is 1.20. The van der Waals surface area contributed by atoms with Crippen molar-refractivity contribution in [2.24, 2.45) is 0 Å². The average molecular weight is 738 g/mol. The number of fused-ring (bicyclic) bond motifs is 5. The smallest absolute Gasteiger partial charge is 0.238 e. The quantitative estimate of drug-likeness (QED) is 0.181. The molecule has 0 spiro atoms. The van der Waals surface area contributed by atoms with Gasteiger partial charge in [0.05, 0.1) is 22.1 Å². The van der Waals surface area contributed by atoms with Gasteiger partial charge in [-0.1, -0.05) is 140 Å². The summed E-state index contributed by atoms with van der Waals surface area (Å²) in [5.41, 5.74) is 7.46. The van der Waals surface area contributed by atoms with Crippen molar-refractivity contribution in [2.75, 3.05) is 0 Å². The van der Waals surface area contributed by atoms with Crippen LogP contribution in [-0.4, -0.2) is 24.1 Å². The number of aromatic nitrogens is 5. The van der Waals surface area contributed by atoms with Gasteiger partial charge in [0.2, 0.25) is 5.95 Å². The third kappa shape index (κ3) is 4.38. The van der Waals surface area contributed by atoms with Crippen molar-refractivity contribution in [1.82, 2.24) is 24.1 Å². The van der Waals surface area contributed by atoms with E-state index in [0.717, 1.165) is 38.6 Å². The molecule has 0 aliphatic carbocycles. The zero-order chi connectivity index (χ0) is 37.9. The number of nitrogens with zero attached hydrogens (tertiary/aromatic N) is 5. The third-order valence-electron chi connectivity index (χ3n) is 12.1. The van der Waals surface area contributed by atoms with Gasteiger partial charge in [0.25, 0.3) is 0 Å². The summed E-state index contributed by atoms with van der Waals surface area (Å²) in [5, 5.41) is 14.4. The third-order valence-corrected chi connectivity index (χ3v) is 12.1. The molecule has 5 heteroatoms. The van der Waals surface area contributed by atoms with Crippen LogP contribution < -0.4 is 0 Å². The molecule has 3 aromatic heterocycles. The molecular formula is C53H31N5. The van der Waals surface area contributed by atoms with E-state index in [1.54, 1.807) is 0 Å². The van der Waals surface area contributed by atoms with Crippen LogP contribution in [0.4, 0.5) is 0 Å². The first kappa shape index (κ1) is 31.3. The molecule has 268 valence electrons. The molecule has 0 fully saturated rings. The minimum Gasteiger partial charge on any atom is -0.309 e. The zero-order valence-electron chi connectivity index (χ0n) is 31.1. The van der Waals surface area contributed by atoms with Crippen LogP contribution in [0.2, 0.25) is 0 Å². The monoisotopic (exact) mass is 737 g/mol. The Morgan fingerprint density at radius 1 is 0.293 bits per heavy atom. The van der Waals surface area contributed by atoms with E-state index in [1.807, 2.05) is 0 Å². The van der Waals surface area contributed by atoms with Gasteiger partial charge in [0.1, 0.15) is 0 Å². The van der Waals surface area contributed by atoms with E-state index in [4.69, 9.17) is 15.0 Å². The Hall–Kier alpha value is -7.89. The highest BCUT2D eigenvalue weighted by Gasteiger charge is 2.25. The Morgan fingerprint density at radius 2 is 0.741 bits per heavy atom. The first-order valence-corrected chi connectivity index (χ1v) is 19.7. The largest absolute Gasteiger partial charge is 0.309 e. The summed E-state index contributed by atoms with van der Waals surface area (Å²) < 4.78 is 4.69. The van der Waals surface area contributed by atoms with Crippen molar-refractivity contribution < 1.29 is 0 Å². The maximum atomic E-state index is 5.38. The lowest BCUT2D eigenvalue weighted by molar-refractivity contribution is 0.954. The highest BCUT2D eigenvalue weighted by molar-refractivity contribution is 6.39. The first-order valence-electron chi connectivity index (χ1n) is 19.7. The van der Waals surface area contributed by atoms with Crippen LogP contribution in [-0.2, 0) is 0 Å². The molecule has 5 nitrogen and oxygen atoms in total. The molecule has 0 bridgehead atoms. The molecule has 0 N–H and O–H groups in total. The van der Waals surface area contributed by atoms with Crippen LogP contribution in [0, 0.1) is 0 Å². The molecule has 0 aliphatic rings. The lowest BCUT2D eigenvalue weighted by Crippen LogP contribution is -2.06. The summed E-state index contributed by atoms with van der Waals surface area (Å²) in [6.45, 7) is 0. The molecular weight excluding hydrogens is 707 g/mol. The van der Waals surface area contributed by atoms with Crippen molar-refractivity contribution in [1.29, 1.82) is 0 Å². The predicted octanol–water partition coefficient (Wildman–Crippen LogP) is 13.5. The maximum absolute atomic E-state index is 5.38. The van der Waals surface area contributed by atoms with Gasteiger partial charge in [-0.05, 0) is 91.6 Å². The van der Waals surface area contributed by atoms with Crippen LogP contribution in [0.1, 0.15) is 0 Å². The van der Waals surface area contributed by atoms with Crippen molar-refractivity contribution in [3.63, 3.8) is 0 Å². The molecule has 0 amide bonds. The second-order valence-electron chi connectivity index (χ2n) is 15.2. The van der Waals surface area contributed by atoms with Gasteiger partial charge in [0.15, 0.2) is 11.6 Å². The van der Waals surface area contributed by atoms with E-state index in [0.29, 0.717) is 17.6 Å². The van der Waals surface area contributed by atoms with E-state index < -0.39 is 0 Å². The van der Waals surface area contributed by atoms with E-state index in [1.165, 1.54) is 64.9 Å². The second kappa shape index (κ2) is 11.8. The molecule has 0 radical (unpaired) electrons. The van der Waals surface area contributed by atoms with Gasteiger partial charge >= 0.3 is 0 Å². The standard InChI is InChI=1S/C53H31N5/c1-2-16-38(17-3-1)57-43-22-10-20-41-39-18-8-9-19-40(39)42-21-11-23-44-48(42)50-46(29-28-45(57)49(50)47(41)43)58(44)53-55-51(36-26-24-32-12-4-6-14-34(32)30-36)54-52(56-53)37-27-25-33-13-5-7-15-35(33)31-37/h1-31H. The Bertz CT molecular complexity index is 3700. The van der Waals surface area contributed by atoms with E-state index in [-0.39, 0.29) is 0 Å². The van der Waals surface area contributed by atoms with Crippen molar-refractivity contribution in [3.8, 4) is 34.4 Å². The minimum atomic E-state index is 0.581. The number of benzene rings is 9. The Morgan fingerprint density at radius 3 is 1.31 bits per heavy atom. The van der Waals surface area contributed by atoms with E-state index >= 15 is 0 Å². The lowest BCUT2D eigenvalue weighted by Gasteiger charge is -2.12. The number of rotatable bonds is 4. The molecule has 13 rings (SSSR count). The normalized spacial score (nSPS) is 12.1. The molecule has 0 aliphatic heterocycles. The summed E-state index contributed by atoms with van der Waals surface area (Å²) in [6.07, 6.45) is 0. The number of hydrogen-bond acceptors (Lipinski definition) is 3. The Kier molecular flexibility index (Phi) is 6.38. The fraction of sp³-hybridized carbons (Fsp3) is 0. The molecule has 0 saturated heterocycles. The summed E-state index contributed by atoms with van der Waals surface area (Å²) in [5.74, 6) is 1.84. The first-order chi connectivity index (χ1) is 28.8. The summed E-state index contributed by atoms with van der Waals surface area (Å²) in [6, 6.07) is 67.3. The van der Waals surface area contributed by atoms with Gasteiger partial charge in [-0.2, -0.15) is 9.97 Å². The van der Waals surface area contributed by atoms with Crippen molar-refractivity contribution in [2.45, 2.75) is 0 Å². The van der Waals surface area contributed by atoms with Gasteiger partial charge in [-0.3, -0.25) is 4.57 Å². The lowest BCUT2D eigenvalue weighted by atomic mass is 9.95. The number of para-hydroxylation sites is 1. The topological polar surface area (TPSA) is 48.5 Å². The second-order valence-corrected chi connectivity index (χ2v) is 15.2. The molecule has 13 aromatic rings. The molecule has 10 aromatic carbocycles. The van der Waals surface area contributed by atoms with Gasteiger partial charge in [0, 0.05) is 38.4 Å².